The molecule has 0 aromatic carbocycles. The van der Waals surface area contributed by atoms with E-state index in [1.807, 2.05) is 27.7 Å². The molecule has 0 amide bonds. The van der Waals surface area contributed by atoms with E-state index in [0.717, 1.165) is 0 Å². The van der Waals surface area contributed by atoms with E-state index in [1.54, 1.807) is 0 Å². The van der Waals surface area contributed by atoms with Crippen molar-refractivity contribution in [3.8, 4) is 0 Å². The van der Waals surface area contributed by atoms with Crippen molar-refractivity contribution in [3.05, 3.63) is 0 Å². The fourth-order valence-corrected chi connectivity index (χ4v) is 4.54. The molecule has 1 N–H and O–H groups in total. The van der Waals surface area contributed by atoms with Gasteiger partial charge < -0.3 is 5.11 Å². The van der Waals surface area contributed by atoms with Gasteiger partial charge in [-0.05, 0) is 16.8 Å². The van der Waals surface area contributed by atoms with E-state index in [1.165, 1.54) is 11.4 Å². The normalized spacial score (nSPS) is 36.3. The van der Waals surface area contributed by atoms with Crippen molar-refractivity contribution in [1.29, 1.82) is 0 Å². The largest absolute Gasteiger partial charge is 0.396 e. The molecule has 0 aromatic heterocycles. The minimum atomic E-state index is -2.97. The second-order valence-corrected chi connectivity index (χ2v) is 9.46. The Morgan fingerprint density at radius 2 is 1.88 bits per heavy atom. The number of aliphatic hydroxyl groups excluding tert-OH is 1. The molecule has 0 bridgehead atoms. The Morgan fingerprint density at radius 1 is 1.38 bits per heavy atom. The van der Waals surface area contributed by atoms with Gasteiger partial charge in [0.1, 0.15) is 0 Å². The molecule has 1 rings (SSSR count). The molecule has 1 fully saturated rings. The van der Waals surface area contributed by atoms with Gasteiger partial charge >= 0.3 is 6.80 Å². The van der Waals surface area contributed by atoms with E-state index in [4.69, 9.17) is 9.05 Å². The highest BCUT2D eigenvalue weighted by atomic mass is 32.7. The van der Waals surface area contributed by atoms with Gasteiger partial charge in [-0.2, -0.15) is 0 Å². The summed E-state index contributed by atoms with van der Waals surface area (Å²) in [7, 11) is 0. The SMILES string of the molecule is CCSP1(=O)OCC(CO)(C(C)(C)C)CO1. The first-order valence-corrected chi connectivity index (χ1v) is 8.56. The maximum atomic E-state index is 12.0. The Balaban J connectivity index is 2.75. The molecule has 0 radical (unpaired) electrons. The molecule has 96 valence electrons. The van der Waals surface area contributed by atoms with E-state index in [-0.39, 0.29) is 25.2 Å². The highest BCUT2D eigenvalue weighted by molar-refractivity contribution is 8.55. The van der Waals surface area contributed by atoms with Crippen LogP contribution in [0.5, 0.6) is 0 Å². The molecule has 4 nitrogen and oxygen atoms in total. The van der Waals surface area contributed by atoms with E-state index in [9.17, 15) is 9.67 Å². The Labute approximate surface area is 101 Å². The minimum Gasteiger partial charge on any atom is -0.396 e. The summed E-state index contributed by atoms with van der Waals surface area (Å²) in [6.07, 6.45) is 0. The summed E-state index contributed by atoms with van der Waals surface area (Å²) in [5.41, 5.74) is -0.612. The third-order valence-electron chi connectivity index (χ3n) is 3.18. The van der Waals surface area contributed by atoms with Crippen LogP contribution in [0.3, 0.4) is 0 Å². The first kappa shape index (κ1) is 14.5. The topological polar surface area (TPSA) is 55.8 Å². The summed E-state index contributed by atoms with van der Waals surface area (Å²) in [6.45, 7) is 5.58. The van der Waals surface area contributed by atoms with Gasteiger partial charge in [-0.25, -0.2) is 4.57 Å². The molecule has 16 heavy (non-hydrogen) atoms. The van der Waals surface area contributed by atoms with Crippen molar-refractivity contribution in [2.45, 2.75) is 27.7 Å². The summed E-state index contributed by atoms with van der Waals surface area (Å²) in [5.74, 6) is 0.693. The van der Waals surface area contributed by atoms with Crippen LogP contribution >= 0.6 is 18.2 Å². The van der Waals surface area contributed by atoms with Gasteiger partial charge in [-0.15, -0.1) is 0 Å². The molecule has 0 aromatic rings. The van der Waals surface area contributed by atoms with Crippen LogP contribution in [0.1, 0.15) is 27.7 Å². The average molecular weight is 268 g/mol. The van der Waals surface area contributed by atoms with Gasteiger partial charge in [0.2, 0.25) is 0 Å². The predicted molar refractivity (Wildman–Crippen MR) is 66.6 cm³/mol. The first-order chi connectivity index (χ1) is 7.29. The van der Waals surface area contributed by atoms with Crippen LogP contribution in [-0.4, -0.2) is 30.7 Å². The van der Waals surface area contributed by atoms with Crippen molar-refractivity contribution in [2.24, 2.45) is 10.8 Å². The van der Waals surface area contributed by atoms with Gasteiger partial charge in [0.25, 0.3) is 0 Å². The van der Waals surface area contributed by atoms with Crippen LogP contribution in [0.25, 0.3) is 0 Å². The fraction of sp³-hybridized carbons (Fsp3) is 1.00. The first-order valence-electron chi connectivity index (χ1n) is 5.43. The standard InChI is InChI=1S/C10H21O4PS/c1-5-16-15(12)13-7-10(6-11,8-14-15)9(2,3)4/h11H,5-8H2,1-4H3. The molecule has 0 aliphatic carbocycles. The molecule has 0 saturated carbocycles. The van der Waals surface area contributed by atoms with E-state index >= 15 is 0 Å². The van der Waals surface area contributed by atoms with E-state index in [0.29, 0.717) is 5.75 Å². The highest BCUT2D eigenvalue weighted by Gasteiger charge is 2.49. The third-order valence-corrected chi connectivity index (χ3v) is 7.00. The summed E-state index contributed by atoms with van der Waals surface area (Å²) in [6, 6.07) is 0. The fourth-order valence-electron chi connectivity index (χ4n) is 1.48. The summed E-state index contributed by atoms with van der Waals surface area (Å²) in [5, 5.41) is 9.52. The number of hydrogen-bond donors (Lipinski definition) is 1. The molecular formula is C10H21O4PS. The van der Waals surface area contributed by atoms with Crippen LogP contribution in [0, 0.1) is 10.8 Å². The molecule has 6 heteroatoms. The lowest BCUT2D eigenvalue weighted by atomic mass is 9.68. The second kappa shape index (κ2) is 4.99. The van der Waals surface area contributed by atoms with Crippen LogP contribution in [0.4, 0.5) is 0 Å². The lowest BCUT2D eigenvalue weighted by molar-refractivity contribution is -0.0831. The molecule has 1 heterocycles. The zero-order chi connectivity index (χ0) is 12.4. The van der Waals surface area contributed by atoms with Crippen molar-refractivity contribution < 1.29 is 18.7 Å². The molecule has 0 unspecified atom stereocenters. The maximum Gasteiger partial charge on any atom is 0.389 e. The van der Waals surface area contributed by atoms with Gasteiger partial charge in [0, 0.05) is 11.2 Å². The Bertz CT molecular complexity index is 275. The van der Waals surface area contributed by atoms with Gasteiger partial charge in [-0.1, -0.05) is 27.7 Å². The zero-order valence-corrected chi connectivity index (χ0v) is 12.1. The van der Waals surface area contributed by atoms with Crippen LogP contribution in [0.15, 0.2) is 0 Å². The second-order valence-electron chi connectivity index (χ2n) is 5.10. The Kier molecular flexibility index (Phi) is 4.53. The van der Waals surface area contributed by atoms with Crippen molar-refractivity contribution in [2.75, 3.05) is 25.6 Å². The third kappa shape index (κ3) is 2.82. The Hall–Kier alpha value is 0.460. The molecule has 1 saturated heterocycles. The monoisotopic (exact) mass is 268 g/mol. The summed E-state index contributed by atoms with van der Waals surface area (Å²) in [4.78, 5) is 0. The molecular weight excluding hydrogens is 247 g/mol. The number of hydrogen-bond acceptors (Lipinski definition) is 5. The van der Waals surface area contributed by atoms with Gasteiger partial charge in [0.05, 0.1) is 19.8 Å². The quantitative estimate of drug-likeness (QED) is 0.797. The summed E-state index contributed by atoms with van der Waals surface area (Å²) < 4.78 is 22.8. The zero-order valence-electron chi connectivity index (χ0n) is 10.4. The van der Waals surface area contributed by atoms with Crippen LogP contribution in [0.2, 0.25) is 0 Å². The summed E-state index contributed by atoms with van der Waals surface area (Å²) >= 11 is 1.21. The molecule has 1 aliphatic rings. The van der Waals surface area contributed by atoms with Crippen molar-refractivity contribution >= 4 is 18.2 Å². The number of aliphatic hydroxyl groups is 1. The highest BCUT2D eigenvalue weighted by Crippen LogP contribution is 2.65. The maximum absolute atomic E-state index is 12.0. The lowest BCUT2D eigenvalue weighted by Gasteiger charge is -2.46. The lowest BCUT2D eigenvalue weighted by Crippen LogP contribution is -2.48. The number of rotatable bonds is 3. The smallest absolute Gasteiger partial charge is 0.389 e. The molecule has 0 atom stereocenters. The van der Waals surface area contributed by atoms with Crippen molar-refractivity contribution in [1.82, 2.24) is 0 Å². The minimum absolute atomic E-state index is 0.0205. The predicted octanol–water partition coefficient (Wildman–Crippen LogP) is 2.92. The van der Waals surface area contributed by atoms with E-state index < -0.39 is 12.2 Å². The molecule has 0 spiro atoms. The van der Waals surface area contributed by atoms with Crippen molar-refractivity contribution in [3.63, 3.8) is 0 Å². The average Bonchev–Trinajstić information content (AvgIpc) is 2.17. The van der Waals surface area contributed by atoms with Crippen LogP contribution < -0.4 is 0 Å². The van der Waals surface area contributed by atoms with Crippen LogP contribution in [-0.2, 0) is 13.6 Å². The Morgan fingerprint density at radius 3 is 2.19 bits per heavy atom. The molecule has 1 aliphatic heterocycles. The van der Waals surface area contributed by atoms with E-state index in [2.05, 4.69) is 0 Å². The van der Waals surface area contributed by atoms with Gasteiger partial charge in [0.15, 0.2) is 0 Å². The van der Waals surface area contributed by atoms with Gasteiger partial charge in [-0.3, -0.25) is 9.05 Å².